The zero-order valence-corrected chi connectivity index (χ0v) is 18.1. The number of aromatic amines is 1. The zero-order valence-electron chi connectivity index (χ0n) is 13.8. The molecule has 4 aromatic rings. The van der Waals surface area contributed by atoms with Crippen LogP contribution in [0.5, 0.6) is 5.75 Å². The van der Waals surface area contributed by atoms with Gasteiger partial charge in [0.05, 0.1) is 30.1 Å². The Bertz CT molecular complexity index is 1160. The van der Waals surface area contributed by atoms with E-state index in [0.29, 0.717) is 5.75 Å². The van der Waals surface area contributed by atoms with Crippen molar-refractivity contribution in [2.24, 2.45) is 0 Å². The maximum atomic E-state index is 10.1. The number of benzene rings is 2. The lowest BCUT2D eigenvalue weighted by atomic mass is 9.85. The van der Waals surface area contributed by atoms with Crippen LogP contribution in [-0.2, 0) is 12.8 Å². The van der Waals surface area contributed by atoms with Gasteiger partial charge in [-0.15, -0.1) is 0 Å². The van der Waals surface area contributed by atoms with Gasteiger partial charge in [0, 0.05) is 16.3 Å². The minimum absolute atomic E-state index is 0.352. The number of phenolic OH excluding ortho intramolecular Hbond substituents is 1. The summed E-state index contributed by atoms with van der Waals surface area (Å²) in [5, 5.41) is 19.9. The summed E-state index contributed by atoms with van der Waals surface area (Å²) in [5.41, 5.74) is 7.01. The molecule has 0 spiro atoms. The SMILES string of the molecule is Oc1c(I)cc(-c2nc3ccc4[nH]ncc4c3c3c2CCCC3)cc1I. The molecule has 0 saturated carbocycles. The molecule has 0 aliphatic heterocycles. The van der Waals surface area contributed by atoms with Crippen LogP contribution in [0.3, 0.4) is 0 Å². The number of phenols is 1. The van der Waals surface area contributed by atoms with Crippen LogP contribution in [0.15, 0.2) is 30.5 Å². The number of H-pyrrole nitrogens is 1. The molecule has 26 heavy (non-hydrogen) atoms. The molecule has 2 aromatic heterocycles. The van der Waals surface area contributed by atoms with Crippen molar-refractivity contribution in [3.8, 4) is 17.0 Å². The number of aromatic nitrogens is 3. The third-order valence-electron chi connectivity index (χ3n) is 5.18. The van der Waals surface area contributed by atoms with Crippen LogP contribution in [0.4, 0.5) is 0 Å². The maximum absolute atomic E-state index is 10.1. The van der Waals surface area contributed by atoms with Gasteiger partial charge in [-0.05, 0) is 106 Å². The van der Waals surface area contributed by atoms with Gasteiger partial charge in [-0.3, -0.25) is 5.10 Å². The first-order chi connectivity index (χ1) is 12.6. The van der Waals surface area contributed by atoms with Crippen LogP contribution in [-0.4, -0.2) is 20.3 Å². The van der Waals surface area contributed by atoms with Gasteiger partial charge >= 0.3 is 0 Å². The molecule has 0 fully saturated rings. The molecule has 130 valence electrons. The summed E-state index contributed by atoms with van der Waals surface area (Å²) in [5.74, 6) is 0.352. The predicted octanol–water partition coefficient (Wildman–Crippen LogP) is 5.57. The first-order valence-electron chi connectivity index (χ1n) is 8.59. The van der Waals surface area contributed by atoms with Gasteiger partial charge in [0.1, 0.15) is 5.75 Å². The second kappa shape index (κ2) is 6.33. The van der Waals surface area contributed by atoms with Crippen molar-refractivity contribution < 1.29 is 5.11 Å². The maximum Gasteiger partial charge on any atom is 0.142 e. The van der Waals surface area contributed by atoms with E-state index in [2.05, 4.69) is 67.5 Å². The van der Waals surface area contributed by atoms with Crippen molar-refractivity contribution in [3.05, 3.63) is 48.7 Å². The Morgan fingerprint density at radius 2 is 1.73 bits per heavy atom. The Balaban J connectivity index is 1.88. The third-order valence-corrected chi connectivity index (χ3v) is 6.82. The lowest BCUT2D eigenvalue weighted by Crippen LogP contribution is -2.08. The van der Waals surface area contributed by atoms with Crippen molar-refractivity contribution in [1.29, 1.82) is 0 Å². The van der Waals surface area contributed by atoms with Gasteiger partial charge in [-0.25, -0.2) is 4.98 Å². The minimum atomic E-state index is 0.352. The molecule has 4 nitrogen and oxygen atoms in total. The molecular weight excluding hydrogens is 552 g/mol. The molecule has 1 aliphatic rings. The smallest absolute Gasteiger partial charge is 0.142 e. The lowest BCUT2D eigenvalue weighted by Gasteiger charge is -2.22. The molecule has 0 unspecified atom stereocenters. The van der Waals surface area contributed by atoms with E-state index < -0.39 is 0 Å². The number of pyridine rings is 1. The molecule has 0 amide bonds. The minimum Gasteiger partial charge on any atom is -0.506 e. The molecule has 0 bridgehead atoms. The Morgan fingerprint density at radius 3 is 2.50 bits per heavy atom. The van der Waals surface area contributed by atoms with Gasteiger partial charge in [0.2, 0.25) is 0 Å². The predicted molar refractivity (Wildman–Crippen MR) is 121 cm³/mol. The third kappa shape index (κ3) is 2.52. The molecule has 6 heteroatoms. The number of halogens is 2. The van der Waals surface area contributed by atoms with E-state index in [9.17, 15) is 5.11 Å². The van der Waals surface area contributed by atoms with Gasteiger partial charge in [0.15, 0.2) is 0 Å². The highest BCUT2D eigenvalue weighted by Crippen LogP contribution is 2.39. The van der Waals surface area contributed by atoms with Crippen molar-refractivity contribution in [2.45, 2.75) is 25.7 Å². The highest BCUT2D eigenvalue weighted by atomic mass is 127. The summed E-state index contributed by atoms with van der Waals surface area (Å²) in [6.07, 6.45) is 6.46. The van der Waals surface area contributed by atoms with Crippen molar-refractivity contribution in [1.82, 2.24) is 15.2 Å². The average molecular weight is 567 g/mol. The van der Waals surface area contributed by atoms with Crippen LogP contribution < -0.4 is 0 Å². The van der Waals surface area contributed by atoms with Gasteiger partial charge in [-0.2, -0.15) is 5.10 Å². The monoisotopic (exact) mass is 567 g/mol. The number of nitrogens with zero attached hydrogens (tertiary/aromatic N) is 2. The largest absolute Gasteiger partial charge is 0.506 e. The van der Waals surface area contributed by atoms with E-state index in [0.717, 1.165) is 47.7 Å². The van der Waals surface area contributed by atoms with Crippen LogP contribution in [0.1, 0.15) is 24.0 Å². The molecule has 5 rings (SSSR count). The molecule has 0 radical (unpaired) electrons. The molecule has 2 aromatic carbocycles. The van der Waals surface area contributed by atoms with E-state index in [1.807, 2.05) is 18.3 Å². The van der Waals surface area contributed by atoms with Crippen LogP contribution in [0.2, 0.25) is 0 Å². The Kier molecular flexibility index (Phi) is 4.07. The zero-order chi connectivity index (χ0) is 17.8. The van der Waals surface area contributed by atoms with Gasteiger partial charge in [-0.1, -0.05) is 0 Å². The van der Waals surface area contributed by atoms with Crippen molar-refractivity contribution >= 4 is 67.0 Å². The molecule has 0 saturated heterocycles. The fraction of sp³-hybridized carbons (Fsp3) is 0.200. The van der Waals surface area contributed by atoms with Gasteiger partial charge < -0.3 is 5.11 Å². The molecule has 2 N–H and O–H groups in total. The van der Waals surface area contributed by atoms with Crippen LogP contribution in [0, 0.1) is 7.14 Å². The summed E-state index contributed by atoms with van der Waals surface area (Å²) in [6, 6.07) is 8.22. The van der Waals surface area contributed by atoms with E-state index >= 15 is 0 Å². The van der Waals surface area contributed by atoms with E-state index in [-0.39, 0.29) is 0 Å². The number of fused-ring (bicyclic) bond motifs is 5. The lowest BCUT2D eigenvalue weighted by molar-refractivity contribution is 0.467. The first kappa shape index (κ1) is 16.7. The second-order valence-electron chi connectivity index (χ2n) is 6.70. The quantitative estimate of drug-likeness (QED) is 0.296. The van der Waals surface area contributed by atoms with E-state index in [1.54, 1.807) is 0 Å². The van der Waals surface area contributed by atoms with Gasteiger partial charge in [0.25, 0.3) is 0 Å². The number of aromatic hydroxyl groups is 1. The van der Waals surface area contributed by atoms with E-state index in [4.69, 9.17) is 4.98 Å². The molecule has 0 atom stereocenters. The summed E-state index contributed by atoms with van der Waals surface area (Å²) < 4.78 is 1.72. The van der Waals surface area contributed by atoms with Crippen molar-refractivity contribution in [2.75, 3.05) is 0 Å². The first-order valence-corrected chi connectivity index (χ1v) is 10.7. The number of aryl methyl sites for hydroxylation is 1. The molecular formula is C20H15I2N3O. The summed E-state index contributed by atoms with van der Waals surface area (Å²) in [4.78, 5) is 5.07. The average Bonchev–Trinajstić information content (AvgIpc) is 3.13. The summed E-state index contributed by atoms with van der Waals surface area (Å²) in [6.45, 7) is 0. The molecule has 2 heterocycles. The Labute approximate surface area is 177 Å². The highest BCUT2D eigenvalue weighted by Gasteiger charge is 2.22. The standard InChI is InChI=1S/C20H15I2N3O/c21-14-7-10(8-15(22)20(14)26)19-12-4-2-1-3-11(12)18-13-9-23-25-16(13)5-6-17(18)24-19/h5-9,26H,1-4H2,(H,23,25). The number of nitrogens with one attached hydrogen (secondary N) is 1. The van der Waals surface area contributed by atoms with Crippen molar-refractivity contribution in [3.63, 3.8) is 0 Å². The summed E-state index contributed by atoms with van der Waals surface area (Å²) in [7, 11) is 0. The summed E-state index contributed by atoms with van der Waals surface area (Å²) >= 11 is 4.38. The van der Waals surface area contributed by atoms with E-state index in [1.165, 1.54) is 29.4 Å². The number of hydrogen-bond donors (Lipinski definition) is 2. The fourth-order valence-corrected chi connectivity index (χ4v) is 5.76. The molecule has 1 aliphatic carbocycles. The second-order valence-corrected chi connectivity index (χ2v) is 9.03. The fourth-order valence-electron chi connectivity index (χ4n) is 3.99. The van der Waals surface area contributed by atoms with Crippen LogP contribution >= 0.6 is 45.2 Å². The topological polar surface area (TPSA) is 61.8 Å². The Morgan fingerprint density at radius 1 is 1.00 bits per heavy atom. The number of hydrogen-bond acceptors (Lipinski definition) is 3. The number of rotatable bonds is 1. The Hall–Kier alpha value is -1.42. The van der Waals surface area contributed by atoms with Crippen LogP contribution in [0.25, 0.3) is 33.1 Å². The highest BCUT2D eigenvalue weighted by molar-refractivity contribution is 14.1. The normalized spacial score (nSPS) is 14.1.